The van der Waals surface area contributed by atoms with Gasteiger partial charge in [0, 0.05) is 25.3 Å². The monoisotopic (exact) mass is 268 g/mol. The van der Waals surface area contributed by atoms with E-state index in [-0.39, 0.29) is 0 Å². The largest absolute Gasteiger partial charge is 0.492 e. The third-order valence-corrected chi connectivity index (χ3v) is 3.80. The maximum absolute atomic E-state index is 6.02. The predicted molar refractivity (Wildman–Crippen MR) is 81.8 cm³/mol. The fourth-order valence-electron chi connectivity index (χ4n) is 2.70. The summed E-state index contributed by atoms with van der Waals surface area (Å²) in [7, 11) is 0. The lowest BCUT2D eigenvalue weighted by atomic mass is 9.98. The third kappa shape index (κ3) is 2.94. The fraction of sp³-hybridized carbons (Fsp3) is 0.294. The third-order valence-electron chi connectivity index (χ3n) is 3.80. The topological polar surface area (TPSA) is 38.5 Å². The van der Waals surface area contributed by atoms with E-state index in [0.29, 0.717) is 0 Å². The molecule has 0 saturated heterocycles. The van der Waals surface area contributed by atoms with Gasteiger partial charge >= 0.3 is 0 Å². The number of nitrogens with two attached hydrogens (primary N) is 1. The van der Waals surface area contributed by atoms with Crippen LogP contribution in [0, 0.1) is 0 Å². The molecule has 0 bridgehead atoms. The zero-order chi connectivity index (χ0) is 13.8. The normalized spacial score (nSPS) is 14.8. The first-order valence-electron chi connectivity index (χ1n) is 7.09. The van der Waals surface area contributed by atoms with Gasteiger partial charge in [0.05, 0.1) is 0 Å². The van der Waals surface area contributed by atoms with Crippen LogP contribution >= 0.6 is 0 Å². The van der Waals surface area contributed by atoms with Gasteiger partial charge in [-0.1, -0.05) is 30.3 Å². The number of ether oxygens (including phenoxy) is 1. The van der Waals surface area contributed by atoms with Crippen molar-refractivity contribution in [1.29, 1.82) is 0 Å². The summed E-state index contributed by atoms with van der Waals surface area (Å²) >= 11 is 0. The van der Waals surface area contributed by atoms with Gasteiger partial charge in [-0.3, -0.25) is 4.90 Å². The quantitative estimate of drug-likeness (QED) is 0.866. The zero-order valence-electron chi connectivity index (χ0n) is 11.6. The van der Waals surface area contributed by atoms with Gasteiger partial charge < -0.3 is 10.5 Å². The molecule has 1 aliphatic rings. The summed E-state index contributed by atoms with van der Waals surface area (Å²) in [4.78, 5) is 2.42. The molecular weight excluding hydrogens is 248 g/mol. The van der Waals surface area contributed by atoms with Gasteiger partial charge in [0.25, 0.3) is 0 Å². The smallest absolute Gasteiger partial charge is 0.119 e. The van der Waals surface area contributed by atoms with E-state index in [1.165, 1.54) is 11.1 Å². The van der Waals surface area contributed by atoms with Crippen LogP contribution in [0.3, 0.4) is 0 Å². The molecule has 0 spiro atoms. The van der Waals surface area contributed by atoms with Gasteiger partial charge in [0.2, 0.25) is 0 Å². The van der Waals surface area contributed by atoms with Crippen molar-refractivity contribution in [1.82, 2.24) is 4.90 Å². The molecule has 104 valence electrons. The van der Waals surface area contributed by atoms with Crippen molar-refractivity contribution in [3.8, 4) is 5.75 Å². The lowest BCUT2D eigenvalue weighted by Gasteiger charge is -2.29. The Bertz CT molecular complexity index is 568. The van der Waals surface area contributed by atoms with E-state index >= 15 is 0 Å². The van der Waals surface area contributed by atoms with Crippen molar-refractivity contribution in [2.24, 2.45) is 0 Å². The van der Waals surface area contributed by atoms with E-state index in [4.69, 9.17) is 10.5 Å². The van der Waals surface area contributed by atoms with Crippen molar-refractivity contribution >= 4 is 5.69 Å². The van der Waals surface area contributed by atoms with Crippen LogP contribution in [0.1, 0.15) is 11.1 Å². The molecule has 3 rings (SSSR count). The van der Waals surface area contributed by atoms with Crippen LogP contribution < -0.4 is 10.5 Å². The molecule has 0 radical (unpaired) electrons. The number of nitrogens with zero attached hydrogens (tertiary/aromatic N) is 1. The van der Waals surface area contributed by atoms with E-state index in [1.807, 2.05) is 42.5 Å². The highest BCUT2D eigenvalue weighted by atomic mass is 16.5. The SMILES string of the molecule is Nc1cccc2c1CCN(CCOc1ccccc1)C2. The molecule has 2 aromatic rings. The van der Waals surface area contributed by atoms with Crippen LogP contribution in [0.4, 0.5) is 5.69 Å². The van der Waals surface area contributed by atoms with Gasteiger partial charge in [-0.05, 0) is 35.7 Å². The first-order valence-corrected chi connectivity index (χ1v) is 7.09. The molecule has 1 aliphatic heterocycles. The van der Waals surface area contributed by atoms with Gasteiger partial charge in [-0.15, -0.1) is 0 Å². The molecule has 20 heavy (non-hydrogen) atoms. The standard InChI is InChI=1S/C17H20N2O/c18-17-8-4-5-14-13-19(10-9-16(14)17)11-12-20-15-6-2-1-3-7-15/h1-8H,9-13,18H2. The van der Waals surface area contributed by atoms with Gasteiger partial charge in [-0.25, -0.2) is 0 Å². The molecule has 2 N–H and O–H groups in total. The number of hydrogen-bond acceptors (Lipinski definition) is 3. The van der Waals surface area contributed by atoms with Crippen LogP contribution in [-0.2, 0) is 13.0 Å². The molecule has 0 atom stereocenters. The number of para-hydroxylation sites is 1. The minimum absolute atomic E-state index is 0.724. The molecule has 3 nitrogen and oxygen atoms in total. The average molecular weight is 268 g/mol. The predicted octanol–water partition coefficient (Wildman–Crippen LogP) is 2.71. The molecule has 0 unspecified atom stereocenters. The van der Waals surface area contributed by atoms with Crippen LogP contribution in [0.5, 0.6) is 5.75 Å². The fourth-order valence-corrected chi connectivity index (χ4v) is 2.70. The Morgan fingerprint density at radius 3 is 2.75 bits per heavy atom. The highest BCUT2D eigenvalue weighted by Gasteiger charge is 2.17. The maximum Gasteiger partial charge on any atom is 0.119 e. The van der Waals surface area contributed by atoms with Crippen LogP contribution in [0.25, 0.3) is 0 Å². The summed E-state index contributed by atoms with van der Waals surface area (Å²) in [5.41, 5.74) is 9.64. The molecule has 1 heterocycles. The first-order chi connectivity index (χ1) is 9.83. The Hall–Kier alpha value is -2.00. The second-order valence-corrected chi connectivity index (χ2v) is 5.17. The molecule has 0 aliphatic carbocycles. The highest BCUT2D eigenvalue weighted by Crippen LogP contribution is 2.23. The summed E-state index contributed by atoms with van der Waals surface area (Å²) < 4.78 is 5.75. The maximum atomic E-state index is 6.02. The van der Waals surface area contributed by atoms with E-state index in [1.54, 1.807) is 0 Å². The molecule has 0 saturated carbocycles. The molecule has 0 aromatic heterocycles. The number of benzene rings is 2. The minimum atomic E-state index is 0.724. The van der Waals surface area contributed by atoms with Crippen molar-refractivity contribution in [2.45, 2.75) is 13.0 Å². The Morgan fingerprint density at radius 1 is 1.05 bits per heavy atom. The summed E-state index contributed by atoms with van der Waals surface area (Å²) in [5.74, 6) is 0.939. The van der Waals surface area contributed by atoms with E-state index in [2.05, 4.69) is 11.0 Å². The Labute approximate surface area is 120 Å². The summed E-state index contributed by atoms with van der Waals surface area (Å²) in [6.07, 6.45) is 1.04. The summed E-state index contributed by atoms with van der Waals surface area (Å²) in [6.45, 7) is 3.70. The second-order valence-electron chi connectivity index (χ2n) is 5.17. The number of hydrogen-bond donors (Lipinski definition) is 1. The van der Waals surface area contributed by atoms with Crippen LogP contribution in [-0.4, -0.2) is 24.6 Å². The minimum Gasteiger partial charge on any atom is -0.492 e. The number of anilines is 1. The number of rotatable bonds is 4. The zero-order valence-corrected chi connectivity index (χ0v) is 11.6. The van der Waals surface area contributed by atoms with Gasteiger partial charge in [0.15, 0.2) is 0 Å². The van der Waals surface area contributed by atoms with Crippen LogP contribution in [0.2, 0.25) is 0 Å². The second kappa shape index (κ2) is 5.97. The Morgan fingerprint density at radius 2 is 1.90 bits per heavy atom. The molecule has 0 amide bonds. The van der Waals surface area contributed by atoms with Gasteiger partial charge in [0.1, 0.15) is 12.4 Å². The first kappa shape index (κ1) is 13.0. The average Bonchev–Trinajstić information content (AvgIpc) is 2.48. The van der Waals surface area contributed by atoms with E-state index in [9.17, 15) is 0 Å². The van der Waals surface area contributed by atoms with Crippen molar-refractivity contribution in [3.05, 3.63) is 59.7 Å². The van der Waals surface area contributed by atoms with E-state index in [0.717, 1.165) is 44.1 Å². The summed E-state index contributed by atoms with van der Waals surface area (Å²) in [6, 6.07) is 16.2. The summed E-state index contributed by atoms with van der Waals surface area (Å²) in [5, 5.41) is 0. The van der Waals surface area contributed by atoms with E-state index < -0.39 is 0 Å². The Kier molecular flexibility index (Phi) is 3.88. The molecule has 3 heteroatoms. The van der Waals surface area contributed by atoms with Crippen molar-refractivity contribution in [3.63, 3.8) is 0 Å². The lowest BCUT2D eigenvalue weighted by Crippen LogP contribution is -2.34. The van der Waals surface area contributed by atoms with Crippen molar-refractivity contribution in [2.75, 3.05) is 25.4 Å². The van der Waals surface area contributed by atoms with Crippen LogP contribution in [0.15, 0.2) is 48.5 Å². The number of fused-ring (bicyclic) bond motifs is 1. The Balaban J connectivity index is 1.53. The van der Waals surface area contributed by atoms with Gasteiger partial charge in [-0.2, -0.15) is 0 Å². The van der Waals surface area contributed by atoms with Crippen molar-refractivity contribution < 1.29 is 4.74 Å². The molecular formula is C17H20N2O. The molecule has 0 fully saturated rings. The highest BCUT2D eigenvalue weighted by molar-refractivity contribution is 5.51. The number of nitrogen functional groups attached to an aromatic ring is 1. The lowest BCUT2D eigenvalue weighted by molar-refractivity contribution is 0.196. The molecule has 2 aromatic carbocycles.